The van der Waals surface area contributed by atoms with Crippen molar-refractivity contribution in [3.8, 4) is 5.69 Å². The predicted molar refractivity (Wildman–Crippen MR) is 67.9 cm³/mol. The van der Waals surface area contributed by atoms with E-state index in [0.29, 0.717) is 0 Å². The highest BCUT2D eigenvalue weighted by molar-refractivity contribution is 5.28. The Labute approximate surface area is 101 Å². The van der Waals surface area contributed by atoms with E-state index in [1.807, 2.05) is 36.4 Å². The minimum Gasteiger partial charge on any atom is -0.311 e. The Balaban J connectivity index is 1.94. The van der Waals surface area contributed by atoms with Crippen LogP contribution in [-0.2, 0) is 6.54 Å². The lowest BCUT2D eigenvalue weighted by atomic mass is 10.3. The number of aromatic nitrogens is 3. The lowest BCUT2D eigenvalue weighted by Gasteiger charge is -1.99. The maximum atomic E-state index is 4.40. The van der Waals surface area contributed by atoms with Crippen molar-refractivity contribution >= 4 is 0 Å². The lowest BCUT2D eigenvalue weighted by Crippen LogP contribution is -2.14. The zero-order chi connectivity index (χ0) is 11.9. The van der Waals surface area contributed by atoms with Crippen molar-refractivity contribution in [2.75, 3.05) is 6.54 Å². The maximum absolute atomic E-state index is 4.40. The van der Waals surface area contributed by atoms with Gasteiger partial charge in [0.05, 0.1) is 17.6 Å². The van der Waals surface area contributed by atoms with Gasteiger partial charge < -0.3 is 5.32 Å². The SMILES string of the molecule is C=CCCNCc1cnn(-c2ccccc2)n1. The summed E-state index contributed by atoms with van der Waals surface area (Å²) in [5.74, 6) is 0. The number of rotatable bonds is 6. The fourth-order valence-electron chi connectivity index (χ4n) is 1.48. The van der Waals surface area contributed by atoms with Gasteiger partial charge in [0.2, 0.25) is 0 Å². The molecule has 0 radical (unpaired) electrons. The molecule has 0 saturated carbocycles. The lowest BCUT2D eigenvalue weighted by molar-refractivity contribution is 0.665. The summed E-state index contributed by atoms with van der Waals surface area (Å²) >= 11 is 0. The van der Waals surface area contributed by atoms with Gasteiger partial charge in [0.15, 0.2) is 0 Å². The van der Waals surface area contributed by atoms with Crippen LogP contribution in [0.15, 0.2) is 49.2 Å². The summed E-state index contributed by atoms with van der Waals surface area (Å²) in [4.78, 5) is 1.64. The third-order valence-electron chi connectivity index (χ3n) is 2.36. The second-order valence-electron chi connectivity index (χ2n) is 3.72. The molecule has 2 rings (SSSR count). The number of nitrogens with one attached hydrogen (secondary N) is 1. The maximum Gasteiger partial charge on any atom is 0.0969 e. The molecule has 4 heteroatoms. The van der Waals surface area contributed by atoms with E-state index < -0.39 is 0 Å². The van der Waals surface area contributed by atoms with Gasteiger partial charge in [-0.25, -0.2) is 0 Å². The Morgan fingerprint density at radius 1 is 1.29 bits per heavy atom. The van der Waals surface area contributed by atoms with Crippen LogP contribution in [0.2, 0.25) is 0 Å². The van der Waals surface area contributed by atoms with Crippen LogP contribution >= 0.6 is 0 Å². The van der Waals surface area contributed by atoms with Crippen LogP contribution in [0, 0.1) is 0 Å². The number of nitrogens with zero attached hydrogens (tertiary/aromatic N) is 3. The van der Waals surface area contributed by atoms with Crippen LogP contribution in [0.25, 0.3) is 5.69 Å². The quantitative estimate of drug-likeness (QED) is 0.607. The molecule has 0 aliphatic rings. The molecule has 0 aliphatic heterocycles. The van der Waals surface area contributed by atoms with Crippen molar-refractivity contribution < 1.29 is 0 Å². The van der Waals surface area contributed by atoms with E-state index in [4.69, 9.17) is 0 Å². The summed E-state index contributed by atoms with van der Waals surface area (Å²) in [6.07, 6.45) is 4.65. The molecular weight excluding hydrogens is 212 g/mol. The van der Waals surface area contributed by atoms with Crippen LogP contribution in [0.4, 0.5) is 0 Å². The zero-order valence-electron chi connectivity index (χ0n) is 9.71. The molecule has 4 nitrogen and oxygen atoms in total. The first-order chi connectivity index (χ1) is 8.40. The van der Waals surface area contributed by atoms with E-state index >= 15 is 0 Å². The first-order valence-corrected chi connectivity index (χ1v) is 5.68. The number of benzene rings is 1. The first-order valence-electron chi connectivity index (χ1n) is 5.68. The van der Waals surface area contributed by atoms with E-state index in [1.54, 1.807) is 11.0 Å². The Bertz CT molecular complexity index is 461. The summed E-state index contributed by atoms with van der Waals surface area (Å²) in [5, 5.41) is 11.9. The van der Waals surface area contributed by atoms with Crippen molar-refractivity contribution in [1.82, 2.24) is 20.3 Å². The number of hydrogen-bond donors (Lipinski definition) is 1. The molecular formula is C13H16N4. The standard InChI is InChI=1S/C13H16N4/c1-2-3-9-14-10-12-11-15-17(16-12)13-7-5-4-6-8-13/h2,4-8,11,14H,1,3,9-10H2. The second-order valence-corrected chi connectivity index (χ2v) is 3.72. The van der Waals surface area contributed by atoms with Gasteiger partial charge in [-0.3, -0.25) is 0 Å². The van der Waals surface area contributed by atoms with Gasteiger partial charge in [-0.2, -0.15) is 15.0 Å². The highest BCUT2D eigenvalue weighted by Gasteiger charge is 2.01. The van der Waals surface area contributed by atoms with Gasteiger partial charge in [-0.15, -0.1) is 6.58 Å². The van der Waals surface area contributed by atoms with Gasteiger partial charge >= 0.3 is 0 Å². The smallest absolute Gasteiger partial charge is 0.0969 e. The molecule has 0 unspecified atom stereocenters. The molecule has 2 aromatic rings. The molecule has 17 heavy (non-hydrogen) atoms. The fraction of sp³-hybridized carbons (Fsp3) is 0.231. The molecule has 1 N–H and O–H groups in total. The van der Waals surface area contributed by atoms with Crippen molar-refractivity contribution in [3.63, 3.8) is 0 Å². The Hall–Kier alpha value is -1.94. The van der Waals surface area contributed by atoms with Crippen LogP contribution in [0.3, 0.4) is 0 Å². The third-order valence-corrected chi connectivity index (χ3v) is 2.36. The molecule has 88 valence electrons. The van der Waals surface area contributed by atoms with Gasteiger partial charge in [-0.05, 0) is 25.1 Å². The minimum atomic E-state index is 0.737. The Morgan fingerprint density at radius 2 is 2.12 bits per heavy atom. The molecule has 0 saturated heterocycles. The average molecular weight is 228 g/mol. The molecule has 0 atom stereocenters. The fourth-order valence-corrected chi connectivity index (χ4v) is 1.48. The second kappa shape index (κ2) is 5.96. The van der Waals surface area contributed by atoms with Gasteiger partial charge in [0.1, 0.15) is 0 Å². The monoisotopic (exact) mass is 228 g/mol. The molecule has 1 aromatic carbocycles. The van der Waals surface area contributed by atoms with Crippen LogP contribution < -0.4 is 5.32 Å². The van der Waals surface area contributed by atoms with E-state index in [-0.39, 0.29) is 0 Å². The Morgan fingerprint density at radius 3 is 2.88 bits per heavy atom. The van der Waals surface area contributed by atoms with Crippen LogP contribution in [0.1, 0.15) is 12.1 Å². The van der Waals surface area contributed by atoms with Gasteiger partial charge in [0, 0.05) is 6.54 Å². The molecule has 0 amide bonds. The molecule has 0 aliphatic carbocycles. The summed E-state index contributed by atoms with van der Waals surface area (Å²) in [6.45, 7) is 5.33. The third kappa shape index (κ3) is 3.26. The van der Waals surface area contributed by atoms with Crippen molar-refractivity contribution in [3.05, 3.63) is 54.9 Å². The van der Waals surface area contributed by atoms with Crippen molar-refractivity contribution in [2.45, 2.75) is 13.0 Å². The normalized spacial score (nSPS) is 10.4. The van der Waals surface area contributed by atoms with Crippen molar-refractivity contribution in [1.29, 1.82) is 0 Å². The minimum absolute atomic E-state index is 0.737. The summed E-state index contributed by atoms with van der Waals surface area (Å²) in [6, 6.07) is 9.88. The van der Waals surface area contributed by atoms with Crippen molar-refractivity contribution in [2.24, 2.45) is 0 Å². The first kappa shape index (κ1) is 11.5. The summed E-state index contributed by atoms with van der Waals surface area (Å²) in [5.41, 5.74) is 1.92. The average Bonchev–Trinajstić information content (AvgIpc) is 2.85. The number of hydrogen-bond acceptors (Lipinski definition) is 3. The predicted octanol–water partition coefficient (Wildman–Crippen LogP) is 1.93. The van der Waals surface area contributed by atoms with E-state index in [2.05, 4.69) is 22.1 Å². The zero-order valence-corrected chi connectivity index (χ0v) is 9.71. The largest absolute Gasteiger partial charge is 0.311 e. The highest BCUT2D eigenvalue weighted by atomic mass is 15.5. The molecule has 0 bridgehead atoms. The van der Waals surface area contributed by atoms with Gasteiger partial charge in [-0.1, -0.05) is 24.3 Å². The van der Waals surface area contributed by atoms with E-state index in [0.717, 1.165) is 30.9 Å². The molecule has 0 spiro atoms. The summed E-state index contributed by atoms with van der Waals surface area (Å²) in [7, 11) is 0. The van der Waals surface area contributed by atoms with Gasteiger partial charge in [0.25, 0.3) is 0 Å². The Kier molecular flexibility index (Phi) is 4.05. The highest BCUT2D eigenvalue weighted by Crippen LogP contribution is 2.03. The molecule has 1 heterocycles. The molecule has 1 aromatic heterocycles. The molecule has 0 fully saturated rings. The topological polar surface area (TPSA) is 42.7 Å². The van der Waals surface area contributed by atoms with Crippen LogP contribution in [-0.4, -0.2) is 21.5 Å². The van der Waals surface area contributed by atoms with Crippen LogP contribution in [0.5, 0.6) is 0 Å². The number of para-hydroxylation sites is 1. The van der Waals surface area contributed by atoms with E-state index in [9.17, 15) is 0 Å². The van der Waals surface area contributed by atoms with E-state index in [1.165, 1.54) is 0 Å². The summed E-state index contributed by atoms with van der Waals surface area (Å²) < 4.78 is 0.